The number of ether oxygens (including phenoxy) is 1. The van der Waals surface area contributed by atoms with Crippen molar-refractivity contribution in [3.8, 4) is 0 Å². The lowest BCUT2D eigenvalue weighted by Gasteiger charge is -2.07. The number of aromatic nitrogens is 1. The Hall–Kier alpha value is -1.29. The Balaban J connectivity index is 2.31. The standard InChI is InChI=1S/C13H20N2O2/c1-13(2)8(7-14)11(13)9-5-6-10(15(9)3)12(16)17-4/h5-6,8,11H,7,14H2,1-4H3/t8-,11+/m0/s1. The van der Waals surface area contributed by atoms with E-state index in [0.29, 0.717) is 24.1 Å². The summed E-state index contributed by atoms with van der Waals surface area (Å²) in [5.41, 5.74) is 7.78. The summed E-state index contributed by atoms with van der Waals surface area (Å²) in [5.74, 6) is 0.652. The summed E-state index contributed by atoms with van der Waals surface area (Å²) in [6.45, 7) is 5.14. The summed E-state index contributed by atoms with van der Waals surface area (Å²) in [6, 6.07) is 3.83. The monoisotopic (exact) mass is 236 g/mol. The van der Waals surface area contributed by atoms with Gasteiger partial charge < -0.3 is 15.0 Å². The molecule has 2 atom stereocenters. The number of hydrogen-bond acceptors (Lipinski definition) is 3. The van der Waals surface area contributed by atoms with Crippen LogP contribution in [0.2, 0.25) is 0 Å². The molecule has 0 amide bonds. The van der Waals surface area contributed by atoms with E-state index in [-0.39, 0.29) is 11.4 Å². The molecule has 17 heavy (non-hydrogen) atoms. The smallest absolute Gasteiger partial charge is 0.354 e. The van der Waals surface area contributed by atoms with Gasteiger partial charge in [0.15, 0.2) is 0 Å². The van der Waals surface area contributed by atoms with Gasteiger partial charge in [0.25, 0.3) is 0 Å². The van der Waals surface area contributed by atoms with E-state index in [2.05, 4.69) is 13.8 Å². The van der Waals surface area contributed by atoms with Gasteiger partial charge in [-0.2, -0.15) is 0 Å². The number of carbonyl (C=O) groups is 1. The Morgan fingerprint density at radius 1 is 1.53 bits per heavy atom. The molecule has 0 bridgehead atoms. The fraction of sp³-hybridized carbons (Fsp3) is 0.615. The van der Waals surface area contributed by atoms with E-state index in [0.717, 1.165) is 0 Å². The van der Waals surface area contributed by atoms with Crippen LogP contribution in [0.5, 0.6) is 0 Å². The van der Waals surface area contributed by atoms with Gasteiger partial charge >= 0.3 is 5.97 Å². The first-order valence-electron chi connectivity index (χ1n) is 5.89. The topological polar surface area (TPSA) is 57.2 Å². The van der Waals surface area contributed by atoms with Crippen molar-refractivity contribution in [2.24, 2.45) is 24.1 Å². The van der Waals surface area contributed by atoms with Crippen LogP contribution in [0.25, 0.3) is 0 Å². The van der Waals surface area contributed by atoms with Gasteiger partial charge in [0.2, 0.25) is 0 Å². The highest BCUT2D eigenvalue weighted by Gasteiger charge is 2.58. The number of nitrogens with two attached hydrogens (primary N) is 1. The predicted molar refractivity (Wildman–Crippen MR) is 65.8 cm³/mol. The average molecular weight is 236 g/mol. The van der Waals surface area contributed by atoms with Crippen molar-refractivity contribution in [3.05, 3.63) is 23.5 Å². The Morgan fingerprint density at radius 3 is 2.65 bits per heavy atom. The number of nitrogens with zero attached hydrogens (tertiary/aromatic N) is 1. The minimum atomic E-state index is -0.290. The van der Waals surface area contributed by atoms with E-state index < -0.39 is 0 Å². The SMILES string of the molecule is COC(=O)c1ccc([C@H]2[C@H](CN)C2(C)C)n1C. The van der Waals surface area contributed by atoms with Crippen molar-refractivity contribution in [1.82, 2.24) is 4.57 Å². The van der Waals surface area contributed by atoms with Crippen molar-refractivity contribution < 1.29 is 9.53 Å². The van der Waals surface area contributed by atoms with Gasteiger partial charge in [0.1, 0.15) is 5.69 Å². The van der Waals surface area contributed by atoms with Gasteiger partial charge in [-0.1, -0.05) is 13.8 Å². The molecular formula is C13H20N2O2. The maximum Gasteiger partial charge on any atom is 0.354 e. The van der Waals surface area contributed by atoms with E-state index in [9.17, 15) is 4.79 Å². The van der Waals surface area contributed by atoms with Gasteiger partial charge in [-0.25, -0.2) is 4.79 Å². The fourth-order valence-corrected chi connectivity index (χ4v) is 2.92. The maximum atomic E-state index is 11.5. The van der Waals surface area contributed by atoms with E-state index in [1.54, 1.807) is 0 Å². The van der Waals surface area contributed by atoms with Crippen molar-refractivity contribution >= 4 is 5.97 Å². The number of rotatable bonds is 3. The van der Waals surface area contributed by atoms with Crippen LogP contribution < -0.4 is 5.73 Å². The van der Waals surface area contributed by atoms with Crippen LogP contribution in [-0.4, -0.2) is 24.2 Å². The molecule has 2 N–H and O–H groups in total. The molecule has 1 aliphatic rings. The average Bonchev–Trinajstić information content (AvgIpc) is 2.64. The molecule has 1 heterocycles. The summed E-state index contributed by atoms with van der Waals surface area (Å²) in [4.78, 5) is 11.5. The first-order chi connectivity index (χ1) is 7.95. The second kappa shape index (κ2) is 3.88. The van der Waals surface area contributed by atoms with Crippen LogP contribution >= 0.6 is 0 Å². The van der Waals surface area contributed by atoms with Crippen LogP contribution in [0.15, 0.2) is 12.1 Å². The molecule has 2 rings (SSSR count). The van der Waals surface area contributed by atoms with Crippen molar-refractivity contribution in [3.63, 3.8) is 0 Å². The summed E-state index contributed by atoms with van der Waals surface area (Å²) in [6.07, 6.45) is 0. The quantitative estimate of drug-likeness (QED) is 0.809. The van der Waals surface area contributed by atoms with Crippen molar-refractivity contribution in [2.75, 3.05) is 13.7 Å². The van der Waals surface area contributed by atoms with Crippen LogP contribution in [0.4, 0.5) is 0 Å². The number of methoxy groups -OCH3 is 1. The molecule has 4 nitrogen and oxygen atoms in total. The summed E-state index contributed by atoms with van der Waals surface area (Å²) < 4.78 is 6.68. The van der Waals surface area contributed by atoms with E-state index in [4.69, 9.17) is 10.5 Å². The van der Waals surface area contributed by atoms with Crippen LogP contribution in [0.1, 0.15) is 35.9 Å². The lowest BCUT2D eigenvalue weighted by Crippen LogP contribution is -2.10. The van der Waals surface area contributed by atoms with Crippen LogP contribution in [-0.2, 0) is 11.8 Å². The molecule has 0 spiro atoms. The van der Waals surface area contributed by atoms with E-state index in [1.165, 1.54) is 12.8 Å². The molecular weight excluding hydrogens is 216 g/mol. The first kappa shape index (κ1) is 12.2. The third kappa shape index (κ3) is 1.67. The highest BCUT2D eigenvalue weighted by molar-refractivity contribution is 5.87. The minimum Gasteiger partial charge on any atom is -0.464 e. The van der Waals surface area contributed by atoms with Crippen molar-refractivity contribution in [1.29, 1.82) is 0 Å². The number of hydrogen-bond donors (Lipinski definition) is 1. The number of carbonyl (C=O) groups excluding carboxylic acids is 1. The molecule has 0 aromatic carbocycles. The molecule has 94 valence electrons. The molecule has 4 heteroatoms. The molecule has 1 saturated carbocycles. The van der Waals surface area contributed by atoms with E-state index >= 15 is 0 Å². The first-order valence-corrected chi connectivity index (χ1v) is 5.89. The molecule has 0 saturated heterocycles. The van der Waals surface area contributed by atoms with Gasteiger partial charge in [-0.05, 0) is 30.0 Å². The molecule has 1 aromatic heterocycles. The van der Waals surface area contributed by atoms with Gasteiger partial charge in [0, 0.05) is 18.7 Å². The zero-order valence-corrected chi connectivity index (χ0v) is 10.9. The lowest BCUT2D eigenvalue weighted by molar-refractivity contribution is 0.0589. The van der Waals surface area contributed by atoms with Gasteiger partial charge in [0.05, 0.1) is 7.11 Å². The maximum absolute atomic E-state index is 11.5. The largest absolute Gasteiger partial charge is 0.464 e. The Bertz CT molecular complexity index is 448. The Morgan fingerprint density at radius 2 is 2.18 bits per heavy atom. The molecule has 1 aliphatic carbocycles. The second-order valence-electron chi connectivity index (χ2n) is 5.34. The Kier molecular flexibility index (Phi) is 2.78. The molecule has 1 aromatic rings. The molecule has 0 radical (unpaired) electrons. The molecule has 0 aliphatic heterocycles. The summed E-state index contributed by atoms with van der Waals surface area (Å²) in [5, 5.41) is 0. The molecule has 1 fully saturated rings. The summed E-state index contributed by atoms with van der Waals surface area (Å²) in [7, 11) is 3.31. The zero-order chi connectivity index (χ0) is 12.8. The number of esters is 1. The Labute approximate surface area is 102 Å². The normalized spacial score (nSPS) is 25.7. The predicted octanol–water partition coefficient (Wildman–Crippen LogP) is 1.51. The van der Waals surface area contributed by atoms with Crippen LogP contribution in [0.3, 0.4) is 0 Å². The summed E-state index contributed by atoms with van der Waals surface area (Å²) >= 11 is 0. The van der Waals surface area contributed by atoms with Crippen LogP contribution in [0, 0.1) is 11.3 Å². The lowest BCUT2D eigenvalue weighted by atomic mass is 10.1. The van der Waals surface area contributed by atoms with E-state index in [1.807, 2.05) is 23.7 Å². The van der Waals surface area contributed by atoms with Gasteiger partial charge in [-0.15, -0.1) is 0 Å². The second-order valence-corrected chi connectivity index (χ2v) is 5.34. The fourth-order valence-electron chi connectivity index (χ4n) is 2.92. The van der Waals surface area contributed by atoms with Crippen molar-refractivity contribution in [2.45, 2.75) is 19.8 Å². The zero-order valence-electron chi connectivity index (χ0n) is 10.9. The highest BCUT2D eigenvalue weighted by atomic mass is 16.5. The third-order valence-electron chi connectivity index (χ3n) is 4.18. The highest BCUT2D eigenvalue weighted by Crippen LogP contribution is 2.63. The minimum absolute atomic E-state index is 0.230. The molecule has 0 unspecified atom stereocenters. The van der Waals surface area contributed by atoms with Gasteiger partial charge in [-0.3, -0.25) is 0 Å². The third-order valence-corrected chi connectivity index (χ3v) is 4.18.